The van der Waals surface area contributed by atoms with Gasteiger partial charge in [-0.05, 0) is 31.0 Å². The minimum atomic E-state index is 0. The van der Waals surface area contributed by atoms with Crippen LogP contribution in [0.15, 0.2) is 24.3 Å². The molecule has 1 heterocycles. The molecule has 1 atom stereocenters. The Morgan fingerprint density at radius 1 is 1.42 bits per heavy atom. The molecule has 1 aromatic carbocycles. The number of ether oxygens (including phenoxy) is 1. The van der Waals surface area contributed by atoms with Gasteiger partial charge in [-0.3, -0.25) is 4.90 Å². The van der Waals surface area contributed by atoms with Gasteiger partial charge in [-0.2, -0.15) is 0 Å². The highest BCUT2D eigenvalue weighted by Crippen LogP contribution is 2.13. The number of benzene rings is 1. The number of aryl methyl sites for hydroxylation is 1. The molecule has 4 heteroatoms. The minimum absolute atomic E-state index is 0. The van der Waals surface area contributed by atoms with Gasteiger partial charge in [0.2, 0.25) is 0 Å². The second kappa shape index (κ2) is 8.41. The molecule has 108 valence electrons. The highest BCUT2D eigenvalue weighted by molar-refractivity contribution is 5.85. The van der Waals surface area contributed by atoms with Crippen LogP contribution in [0.4, 0.5) is 0 Å². The van der Waals surface area contributed by atoms with Gasteiger partial charge in [-0.15, -0.1) is 12.4 Å². The first-order valence-corrected chi connectivity index (χ1v) is 6.96. The van der Waals surface area contributed by atoms with E-state index >= 15 is 0 Å². The van der Waals surface area contributed by atoms with Crippen molar-refractivity contribution in [3.63, 3.8) is 0 Å². The average molecular weight is 285 g/mol. The van der Waals surface area contributed by atoms with E-state index < -0.39 is 0 Å². The Balaban J connectivity index is 0.00000180. The van der Waals surface area contributed by atoms with Gasteiger partial charge in [0, 0.05) is 32.2 Å². The number of rotatable bonds is 5. The third kappa shape index (κ3) is 5.01. The lowest BCUT2D eigenvalue weighted by molar-refractivity contribution is 0.143. The first-order valence-electron chi connectivity index (χ1n) is 6.96. The number of nitrogens with zero attached hydrogens (tertiary/aromatic N) is 1. The zero-order valence-electron chi connectivity index (χ0n) is 11.9. The van der Waals surface area contributed by atoms with Crippen molar-refractivity contribution in [3.8, 4) is 5.75 Å². The molecule has 3 nitrogen and oxygen atoms in total. The smallest absolute Gasteiger partial charge is 0.119 e. The van der Waals surface area contributed by atoms with E-state index in [2.05, 4.69) is 42.3 Å². The standard InChI is InChI=1S/C15H24N2O.ClH/c1-3-14-5-4-6-15(11-14)18-10-9-17-8-7-16-12-13(17)2;/h4-6,11,13,16H,3,7-10,12H2,1-2H3;1H/t13-;/m0./s1. The number of halogens is 1. The zero-order valence-corrected chi connectivity index (χ0v) is 12.7. The summed E-state index contributed by atoms with van der Waals surface area (Å²) in [4.78, 5) is 2.49. The van der Waals surface area contributed by atoms with E-state index in [1.807, 2.05) is 6.07 Å². The summed E-state index contributed by atoms with van der Waals surface area (Å²) in [5.41, 5.74) is 1.34. The predicted octanol–water partition coefficient (Wildman–Crippen LogP) is 2.34. The molecule has 1 fully saturated rings. The van der Waals surface area contributed by atoms with Crippen molar-refractivity contribution in [3.05, 3.63) is 29.8 Å². The summed E-state index contributed by atoms with van der Waals surface area (Å²) in [5.74, 6) is 0.997. The summed E-state index contributed by atoms with van der Waals surface area (Å²) in [5, 5.41) is 3.41. The van der Waals surface area contributed by atoms with Crippen LogP contribution < -0.4 is 10.1 Å². The molecule has 0 aliphatic carbocycles. The Morgan fingerprint density at radius 2 is 2.26 bits per heavy atom. The molecule has 0 unspecified atom stereocenters. The Bertz CT molecular complexity index is 373. The lowest BCUT2D eigenvalue weighted by Crippen LogP contribution is -2.50. The van der Waals surface area contributed by atoms with E-state index in [-0.39, 0.29) is 12.4 Å². The SMILES string of the molecule is CCc1cccc(OCCN2CCNC[C@@H]2C)c1.Cl. The van der Waals surface area contributed by atoms with Crippen molar-refractivity contribution in [2.24, 2.45) is 0 Å². The van der Waals surface area contributed by atoms with Gasteiger partial charge in [-0.1, -0.05) is 19.1 Å². The number of nitrogens with one attached hydrogen (secondary N) is 1. The highest BCUT2D eigenvalue weighted by atomic mass is 35.5. The van der Waals surface area contributed by atoms with Crippen LogP contribution in [0.25, 0.3) is 0 Å². The topological polar surface area (TPSA) is 24.5 Å². The van der Waals surface area contributed by atoms with Crippen LogP contribution in [0.5, 0.6) is 5.75 Å². The van der Waals surface area contributed by atoms with E-state index in [1.54, 1.807) is 0 Å². The summed E-state index contributed by atoms with van der Waals surface area (Å²) in [7, 11) is 0. The molecule has 0 radical (unpaired) electrons. The number of hydrogen-bond donors (Lipinski definition) is 1. The molecular formula is C15H25ClN2O. The lowest BCUT2D eigenvalue weighted by atomic mass is 10.2. The first kappa shape index (κ1) is 16.3. The fourth-order valence-corrected chi connectivity index (χ4v) is 2.35. The van der Waals surface area contributed by atoms with Crippen LogP contribution in [0.3, 0.4) is 0 Å². The monoisotopic (exact) mass is 284 g/mol. The van der Waals surface area contributed by atoms with Crippen LogP contribution in [0.2, 0.25) is 0 Å². The van der Waals surface area contributed by atoms with Gasteiger partial charge in [0.1, 0.15) is 12.4 Å². The molecule has 0 aromatic heterocycles. The van der Waals surface area contributed by atoms with Gasteiger partial charge in [0.15, 0.2) is 0 Å². The maximum Gasteiger partial charge on any atom is 0.119 e. The van der Waals surface area contributed by atoms with Crippen LogP contribution >= 0.6 is 12.4 Å². The molecule has 2 rings (SSSR count). The van der Waals surface area contributed by atoms with E-state index in [4.69, 9.17) is 4.74 Å². The Labute approximate surface area is 122 Å². The second-order valence-electron chi connectivity index (χ2n) is 4.94. The Kier molecular flexibility index (Phi) is 7.21. The van der Waals surface area contributed by atoms with E-state index in [1.165, 1.54) is 5.56 Å². The van der Waals surface area contributed by atoms with Gasteiger partial charge >= 0.3 is 0 Å². The van der Waals surface area contributed by atoms with Gasteiger partial charge in [0.05, 0.1) is 0 Å². The minimum Gasteiger partial charge on any atom is -0.492 e. The average Bonchev–Trinajstić information content (AvgIpc) is 2.41. The number of piperazine rings is 1. The molecule has 1 N–H and O–H groups in total. The van der Waals surface area contributed by atoms with E-state index in [0.717, 1.165) is 45.0 Å². The molecule has 1 aromatic rings. The predicted molar refractivity (Wildman–Crippen MR) is 82.5 cm³/mol. The summed E-state index contributed by atoms with van der Waals surface area (Å²) in [6.45, 7) is 9.53. The molecule has 0 bridgehead atoms. The van der Waals surface area contributed by atoms with Crippen molar-refractivity contribution in [2.75, 3.05) is 32.8 Å². The third-order valence-electron chi connectivity index (χ3n) is 3.59. The summed E-state index contributed by atoms with van der Waals surface area (Å²) >= 11 is 0. The normalized spacial score (nSPS) is 19.8. The first-order chi connectivity index (χ1) is 8.79. The largest absolute Gasteiger partial charge is 0.492 e. The van der Waals surface area contributed by atoms with Crippen molar-refractivity contribution in [2.45, 2.75) is 26.3 Å². The third-order valence-corrected chi connectivity index (χ3v) is 3.59. The van der Waals surface area contributed by atoms with Crippen molar-refractivity contribution < 1.29 is 4.74 Å². The molecule has 0 amide bonds. The summed E-state index contributed by atoms with van der Waals surface area (Å²) < 4.78 is 5.84. The molecule has 0 spiro atoms. The Morgan fingerprint density at radius 3 is 3.00 bits per heavy atom. The molecule has 1 saturated heterocycles. The fraction of sp³-hybridized carbons (Fsp3) is 0.600. The summed E-state index contributed by atoms with van der Waals surface area (Å²) in [6.07, 6.45) is 1.06. The highest BCUT2D eigenvalue weighted by Gasteiger charge is 2.16. The van der Waals surface area contributed by atoms with Crippen LogP contribution in [-0.4, -0.2) is 43.7 Å². The molecule has 1 aliphatic heterocycles. The van der Waals surface area contributed by atoms with Crippen molar-refractivity contribution in [1.82, 2.24) is 10.2 Å². The number of hydrogen-bond acceptors (Lipinski definition) is 3. The fourth-order valence-electron chi connectivity index (χ4n) is 2.35. The van der Waals surface area contributed by atoms with Crippen molar-refractivity contribution >= 4 is 12.4 Å². The molecule has 0 saturated carbocycles. The molecule has 19 heavy (non-hydrogen) atoms. The zero-order chi connectivity index (χ0) is 12.8. The van der Waals surface area contributed by atoms with Crippen LogP contribution in [0, 0.1) is 0 Å². The maximum atomic E-state index is 5.84. The van der Waals surface area contributed by atoms with Crippen LogP contribution in [0.1, 0.15) is 19.4 Å². The Hall–Kier alpha value is -0.770. The van der Waals surface area contributed by atoms with Gasteiger partial charge < -0.3 is 10.1 Å². The summed E-state index contributed by atoms with van der Waals surface area (Å²) in [6, 6.07) is 9.01. The van der Waals surface area contributed by atoms with Crippen LogP contribution in [-0.2, 0) is 6.42 Å². The van der Waals surface area contributed by atoms with Gasteiger partial charge in [0.25, 0.3) is 0 Å². The van der Waals surface area contributed by atoms with Gasteiger partial charge in [-0.25, -0.2) is 0 Å². The molecular weight excluding hydrogens is 260 g/mol. The quantitative estimate of drug-likeness (QED) is 0.898. The lowest BCUT2D eigenvalue weighted by Gasteiger charge is -2.33. The molecule has 1 aliphatic rings. The van der Waals surface area contributed by atoms with Crippen molar-refractivity contribution in [1.29, 1.82) is 0 Å². The second-order valence-corrected chi connectivity index (χ2v) is 4.94. The van der Waals surface area contributed by atoms with E-state index in [0.29, 0.717) is 6.04 Å². The maximum absolute atomic E-state index is 5.84. The van der Waals surface area contributed by atoms with E-state index in [9.17, 15) is 0 Å².